The normalized spacial score (nSPS) is 12.8. The standard InChI is InChI=1S/C23H17F3N6O/c1-14(30-20-21-27-10-11-31(21)29-13-28-20)18-12-15-6-5-9-17(23(24,25)26)19(15)22(33)32(18)16-7-3-2-4-8-16/h2-14H,1H3,(H,28,29,30)/t14-/m0/s1. The Labute approximate surface area is 185 Å². The van der Waals surface area contributed by atoms with Gasteiger partial charge in [0.2, 0.25) is 0 Å². The smallest absolute Gasteiger partial charge is 0.359 e. The van der Waals surface area contributed by atoms with Gasteiger partial charge in [-0.15, -0.1) is 0 Å². The first-order valence-electron chi connectivity index (χ1n) is 10.1. The van der Waals surface area contributed by atoms with E-state index in [0.717, 1.165) is 6.07 Å². The van der Waals surface area contributed by atoms with Gasteiger partial charge in [-0.2, -0.15) is 18.3 Å². The molecule has 0 aliphatic carbocycles. The van der Waals surface area contributed by atoms with Gasteiger partial charge < -0.3 is 5.32 Å². The number of alkyl halides is 3. The van der Waals surface area contributed by atoms with Crippen LogP contribution in [-0.2, 0) is 6.18 Å². The molecule has 0 aliphatic heterocycles. The van der Waals surface area contributed by atoms with Crippen LogP contribution >= 0.6 is 0 Å². The molecule has 0 spiro atoms. The van der Waals surface area contributed by atoms with Crippen LogP contribution in [0.3, 0.4) is 0 Å². The Kier molecular flexibility index (Phi) is 4.85. The van der Waals surface area contributed by atoms with E-state index in [2.05, 4.69) is 20.4 Å². The molecule has 10 heteroatoms. The lowest BCUT2D eigenvalue weighted by atomic mass is 10.0. The molecule has 3 aromatic heterocycles. The molecule has 0 fully saturated rings. The van der Waals surface area contributed by atoms with E-state index >= 15 is 0 Å². The second kappa shape index (κ2) is 7.73. The lowest BCUT2D eigenvalue weighted by Crippen LogP contribution is -2.27. The van der Waals surface area contributed by atoms with Gasteiger partial charge >= 0.3 is 6.18 Å². The molecule has 0 bridgehead atoms. The van der Waals surface area contributed by atoms with Gasteiger partial charge in [-0.25, -0.2) is 14.5 Å². The van der Waals surface area contributed by atoms with E-state index in [9.17, 15) is 18.0 Å². The number of aromatic nitrogens is 5. The summed E-state index contributed by atoms with van der Waals surface area (Å²) < 4.78 is 44.0. The van der Waals surface area contributed by atoms with E-state index < -0.39 is 23.3 Å². The van der Waals surface area contributed by atoms with Crippen LogP contribution in [0.15, 0.2) is 78.1 Å². The molecule has 1 atom stereocenters. The Morgan fingerprint density at radius 3 is 2.58 bits per heavy atom. The van der Waals surface area contributed by atoms with Crippen molar-refractivity contribution in [3.05, 3.63) is 94.9 Å². The number of para-hydroxylation sites is 1. The summed E-state index contributed by atoms with van der Waals surface area (Å²) >= 11 is 0. The summed E-state index contributed by atoms with van der Waals surface area (Å²) in [7, 11) is 0. The first kappa shape index (κ1) is 20.7. The third-order valence-electron chi connectivity index (χ3n) is 5.39. The zero-order chi connectivity index (χ0) is 23.2. The van der Waals surface area contributed by atoms with Crippen molar-refractivity contribution in [2.75, 3.05) is 5.32 Å². The van der Waals surface area contributed by atoms with Crippen LogP contribution in [0.5, 0.6) is 0 Å². The van der Waals surface area contributed by atoms with E-state index in [1.54, 1.807) is 60.2 Å². The van der Waals surface area contributed by atoms with Crippen LogP contribution in [0.25, 0.3) is 22.1 Å². The van der Waals surface area contributed by atoms with Crippen molar-refractivity contribution in [3.8, 4) is 5.69 Å². The number of nitrogens with one attached hydrogen (secondary N) is 1. The molecule has 1 N–H and O–H groups in total. The predicted molar refractivity (Wildman–Crippen MR) is 117 cm³/mol. The molecule has 7 nitrogen and oxygen atoms in total. The molecule has 33 heavy (non-hydrogen) atoms. The second-order valence-electron chi connectivity index (χ2n) is 7.48. The van der Waals surface area contributed by atoms with Crippen molar-refractivity contribution >= 4 is 22.2 Å². The Bertz CT molecular complexity index is 1520. The summed E-state index contributed by atoms with van der Waals surface area (Å²) in [5.41, 5.74) is -0.293. The van der Waals surface area contributed by atoms with Crippen molar-refractivity contribution in [1.82, 2.24) is 24.1 Å². The van der Waals surface area contributed by atoms with Crippen molar-refractivity contribution in [3.63, 3.8) is 0 Å². The maximum Gasteiger partial charge on any atom is 0.417 e. The molecular formula is C23H17F3N6O. The molecule has 0 radical (unpaired) electrons. The summed E-state index contributed by atoms with van der Waals surface area (Å²) in [5.74, 6) is 0.429. The van der Waals surface area contributed by atoms with Gasteiger partial charge in [-0.1, -0.05) is 30.3 Å². The van der Waals surface area contributed by atoms with Gasteiger partial charge in [0.15, 0.2) is 11.5 Å². The van der Waals surface area contributed by atoms with Crippen LogP contribution in [0, 0.1) is 0 Å². The van der Waals surface area contributed by atoms with Crippen molar-refractivity contribution in [2.24, 2.45) is 0 Å². The topological polar surface area (TPSA) is 77.1 Å². The van der Waals surface area contributed by atoms with Crippen LogP contribution in [0.1, 0.15) is 24.2 Å². The minimum absolute atomic E-state index is 0.208. The fourth-order valence-electron chi connectivity index (χ4n) is 3.92. The third-order valence-corrected chi connectivity index (χ3v) is 5.39. The SMILES string of the molecule is C[C@H](Nc1ncnn2ccnc12)c1cc2cccc(C(F)(F)F)c2c(=O)n1-c1ccccc1. The zero-order valence-electron chi connectivity index (χ0n) is 17.3. The number of fused-ring (bicyclic) bond motifs is 2. The van der Waals surface area contributed by atoms with Crippen molar-refractivity contribution < 1.29 is 13.2 Å². The third kappa shape index (κ3) is 3.59. The van der Waals surface area contributed by atoms with E-state index in [-0.39, 0.29) is 10.8 Å². The largest absolute Gasteiger partial charge is 0.417 e. The first-order chi connectivity index (χ1) is 15.8. The molecule has 5 aromatic rings. The Balaban J connectivity index is 1.74. The second-order valence-corrected chi connectivity index (χ2v) is 7.48. The van der Waals surface area contributed by atoms with Crippen LogP contribution < -0.4 is 10.9 Å². The Hall–Kier alpha value is -4.21. The monoisotopic (exact) mass is 450 g/mol. The summed E-state index contributed by atoms with van der Waals surface area (Å²) in [6, 6.07) is 13.4. The number of hydrogen-bond donors (Lipinski definition) is 1. The molecule has 3 heterocycles. The molecule has 0 aliphatic rings. The summed E-state index contributed by atoms with van der Waals surface area (Å²) in [6.45, 7) is 1.80. The molecule has 0 amide bonds. The minimum Gasteiger partial charge on any atom is -0.359 e. The van der Waals surface area contributed by atoms with Gasteiger partial charge in [0.1, 0.15) is 6.33 Å². The van der Waals surface area contributed by atoms with Crippen LogP contribution in [0.4, 0.5) is 19.0 Å². The highest BCUT2D eigenvalue weighted by Gasteiger charge is 2.34. The first-order valence-corrected chi connectivity index (χ1v) is 10.1. The van der Waals surface area contributed by atoms with Gasteiger partial charge in [-0.3, -0.25) is 9.36 Å². The van der Waals surface area contributed by atoms with E-state index in [4.69, 9.17) is 0 Å². The summed E-state index contributed by atoms with van der Waals surface area (Å²) in [5, 5.41) is 7.13. The van der Waals surface area contributed by atoms with Gasteiger partial charge in [-0.05, 0) is 36.6 Å². The Morgan fingerprint density at radius 1 is 1.03 bits per heavy atom. The van der Waals surface area contributed by atoms with Gasteiger partial charge in [0, 0.05) is 23.8 Å². The van der Waals surface area contributed by atoms with Gasteiger partial charge in [0.25, 0.3) is 5.56 Å². The molecule has 0 saturated carbocycles. The lowest BCUT2D eigenvalue weighted by molar-refractivity contribution is -0.136. The zero-order valence-corrected chi connectivity index (χ0v) is 17.3. The molecule has 5 rings (SSSR count). The van der Waals surface area contributed by atoms with Crippen LogP contribution in [0.2, 0.25) is 0 Å². The minimum atomic E-state index is -4.66. The summed E-state index contributed by atoms with van der Waals surface area (Å²) in [4.78, 5) is 22.0. The highest BCUT2D eigenvalue weighted by molar-refractivity contribution is 5.86. The highest BCUT2D eigenvalue weighted by Crippen LogP contribution is 2.34. The van der Waals surface area contributed by atoms with E-state index in [1.165, 1.54) is 23.0 Å². The summed E-state index contributed by atoms with van der Waals surface area (Å²) in [6.07, 6.45) is -0.0499. The van der Waals surface area contributed by atoms with E-state index in [1.807, 2.05) is 0 Å². The quantitative estimate of drug-likeness (QED) is 0.432. The van der Waals surface area contributed by atoms with Crippen molar-refractivity contribution in [2.45, 2.75) is 19.1 Å². The molecule has 0 saturated heterocycles. The number of imidazole rings is 1. The maximum atomic E-state index is 13.7. The molecular weight excluding hydrogens is 433 g/mol. The van der Waals surface area contributed by atoms with Crippen molar-refractivity contribution in [1.29, 1.82) is 0 Å². The molecule has 2 aromatic carbocycles. The number of pyridine rings is 1. The van der Waals surface area contributed by atoms with Crippen LogP contribution in [-0.4, -0.2) is 24.1 Å². The number of halogens is 3. The fourth-order valence-corrected chi connectivity index (χ4v) is 3.92. The average molecular weight is 450 g/mol. The average Bonchev–Trinajstić information content (AvgIpc) is 3.28. The number of anilines is 1. The Morgan fingerprint density at radius 2 is 1.82 bits per heavy atom. The fraction of sp³-hybridized carbons (Fsp3) is 0.130. The highest BCUT2D eigenvalue weighted by atomic mass is 19.4. The molecule has 0 unspecified atom stereocenters. The number of rotatable bonds is 4. The predicted octanol–water partition coefficient (Wildman–Crippen LogP) is 4.62. The number of benzene rings is 2. The van der Waals surface area contributed by atoms with E-state index in [0.29, 0.717) is 22.8 Å². The van der Waals surface area contributed by atoms with Gasteiger partial charge in [0.05, 0.1) is 17.0 Å². The molecule has 166 valence electrons. The number of hydrogen-bond acceptors (Lipinski definition) is 5. The number of nitrogens with zero attached hydrogens (tertiary/aromatic N) is 5. The lowest BCUT2D eigenvalue weighted by Gasteiger charge is -2.22. The maximum absolute atomic E-state index is 13.7.